The molecule has 0 aromatic heterocycles. The average Bonchev–Trinajstić information content (AvgIpc) is 2.32. The van der Waals surface area contributed by atoms with Gasteiger partial charge in [-0.05, 0) is 27.2 Å². The second kappa shape index (κ2) is 9.95. The Hall–Kier alpha value is -0.860. The standard InChI is InChI=1S/C13H24N4O2.HI/c1-4-14-13(16-10(2)3)15-8-9-17-11(18)6-5-7-12(17)19;/h10H,4-9H2,1-3H3,(H2,14,15,16);1H. The minimum Gasteiger partial charge on any atom is -0.357 e. The van der Waals surface area contributed by atoms with E-state index in [0.717, 1.165) is 12.5 Å². The van der Waals surface area contributed by atoms with E-state index in [2.05, 4.69) is 15.6 Å². The molecule has 0 bridgehead atoms. The largest absolute Gasteiger partial charge is 0.357 e. The van der Waals surface area contributed by atoms with Gasteiger partial charge in [-0.1, -0.05) is 0 Å². The Kier molecular flexibility index (Phi) is 9.52. The van der Waals surface area contributed by atoms with Crippen molar-refractivity contribution in [3.8, 4) is 0 Å². The molecule has 1 rings (SSSR count). The summed E-state index contributed by atoms with van der Waals surface area (Å²) in [6.45, 7) is 7.64. The van der Waals surface area contributed by atoms with Gasteiger partial charge in [0, 0.05) is 32.0 Å². The number of carbonyl (C=O) groups excluding carboxylic acids is 2. The van der Waals surface area contributed by atoms with Crippen LogP contribution in [0.4, 0.5) is 0 Å². The van der Waals surface area contributed by atoms with Gasteiger partial charge in [-0.2, -0.15) is 0 Å². The molecule has 7 heteroatoms. The van der Waals surface area contributed by atoms with Crippen molar-refractivity contribution in [2.24, 2.45) is 4.99 Å². The second-order valence-corrected chi connectivity index (χ2v) is 4.85. The lowest BCUT2D eigenvalue weighted by Crippen LogP contribution is -2.43. The van der Waals surface area contributed by atoms with E-state index >= 15 is 0 Å². The number of aliphatic imine (C=N–C) groups is 1. The van der Waals surface area contributed by atoms with E-state index in [-0.39, 0.29) is 41.8 Å². The van der Waals surface area contributed by atoms with Crippen molar-refractivity contribution < 1.29 is 9.59 Å². The molecule has 1 aliphatic heterocycles. The topological polar surface area (TPSA) is 73.8 Å². The van der Waals surface area contributed by atoms with Crippen molar-refractivity contribution in [1.82, 2.24) is 15.5 Å². The summed E-state index contributed by atoms with van der Waals surface area (Å²) in [4.78, 5) is 28.9. The molecular formula is C13H25IN4O2. The lowest BCUT2D eigenvalue weighted by atomic mass is 10.1. The van der Waals surface area contributed by atoms with Crippen molar-refractivity contribution in [3.63, 3.8) is 0 Å². The Morgan fingerprint density at radius 2 is 1.90 bits per heavy atom. The summed E-state index contributed by atoms with van der Waals surface area (Å²) in [5.74, 6) is 0.566. The number of hydrogen-bond donors (Lipinski definition) is 2. The predicted octanol–water partition coefficient (Wildman–Crippen LogP) is 1.11. The third-order valence-corrected chi connectivity index (χ3v) is 2.75. The first-order chi connectivity index (χ1) is 9.04. The molecule has 0 radical (unpaired) electrons. The lowest BCUT2D eigenvalue weighted by Gasteiger charge is -2.24. The Morgan fingerprint density at radius 3 is 2.40 bits per heavy atom. The quantitative estimate of drug-likeness (QED) is 0.316. The van der Waals surface area contributed by atoms with Gasteiger partial charge >= 0.3 is 0 Å². The van der Waals surface area contributed by atoms with E-state index in [1.807, 2.05) is 20.8 Å². The third kappa shape index (κ3) is 6.53. The van der Waals surface area contributed by atoms with Crippen LogP contribution in [-0.2, 0) is 9.59 Å². The summed E-state index contributed by atoms with van der Waals surface area (Å²) in [6.07, 6.45) is 1.62. The van der Waals surface area contributed by atoms with Gasteiger partial charge in [0.25, 0.3) is 0 Å². The van der Waals surface area contributed by atoms with Gasteiger partial charge in [0.15, 0.2) is 5.96 Å². The average molecular weight is 396 g/mol. The minimum absolute atomic E-state index is 0. The summed E-state index contributed by atoms with van der Waals surface area (Å²) in [7, 11) is 0. The molecule has 1 heterocycles. The second-order valence-electron chi connectivity index (χ2n) is 4.85. The molecule has 2 N–H and O–H groups in total. The number of piperidine rings is 1. The number of hydrogen-bond acceptors (Lipinski definition) is 3. The van der Waals surface area contributed by atoms with E-state index < -0.39 is 0 Å². The SMILES string of the molecule is CCNC(=NCCN1C(=O)CCCC1=O)NC(C)C.I. The molecule has 20 heavy (non-hydrogen) atoms. The molecule has 0 aromatic rings. The van der Waals surface area contributed by atoms with E-state index in [0.29, 0.717) is 32.4 Å². The van der Waals surface area contributed by atoms with Crippen molar-refractivity contribution in [2.75, 3.05) is 19.6 Å². The van der Waals surface area contributed by atoms with E-state index in [1.54, 1.807) is 0 Å². The van der Waals surface area contributed by atoms with Gasteiger partial charge in [-0.25, -0.2) is 0 Å². The summed E-state index contributed by atoms with van der Waals surface area (Å²) < 4.78 is 0. The molecule has 1 fully saturated rings. The third-order valence-electron chi connectivity index (χ3n) is 2.75. The normalized spacial score (nSPS) is 16.2. The van der Waals surface area contributed by atoms with Crippen molar-refractivity contribution in [3.05, 3.63) is 0 Å². The first-order valence-corrected chi connectivity index (χ1v) is 6.92. The molecule has 1 aliphatic rings. The molecule has 0 unspecified atom stereocenters. The maximum Gasteiger partial charge on any atom is 0.229 e. The fourth-order valence-corrected chi connectivity index (χ4v) is 1.90. The van der Waals surface area contributed by atoms with Gasteiger partial charge in [0.05, 0.1) is 6.54 Å². The monoisotopic (exact) mass is 396 g/mol. The van der Waals surface area contributed by atoms with Crippen LogP contribution >= 0.6 is 24.0 Å². The van der Waals surface area contributed by atoms with Crippen LogP contribution in [0.2, 0.25) is 0 Å². The Labute approximate surface area is 137 Å². The number of likely N-dealkylation sites (tertiary alicyclic amines) is 1. The zero-order valence-corrected chi connectivity index (χ0v) is 14.8. The Balaban J connectivity index is 0.00000361. The molecule has 0 atom stereocenters. The highest BCUT2D eigenvalue weighted by molar-refractivity contribution is 14.0. The number of imide groups is 1. The maximum absolute atomic E-state index is 11.6. The minimum atomic E-state index is -0.0757. The molecule has 0 saturated carbocycles. The molecule has 116 valence electrons. The number of rotatable bonds is 5. The van der Waals surface area contributed by atoms with Crippen LogP contribution in [0.1, 0.15) is 40.0 Å². The van der Waals surface area contributed by atoms with Gasteiger partial charge in [0.1, 0.15) is 0 Å². The Bertz CT molecular complexity index is 342. The zero-order valence-electron chi connectivity index (χ0n) is 12.4. The van der Waals surface area contributed by atoms with Crippen LogP contribution in [0.3, 0.4) is 0 Å². The molecule has 0 spiro atoms. The molecule has 1 saturated heterocycles. The number of amides is 2. The first kappa shape index (κ1) is 19.1. The highest BCUT2D eigenvalue weighted by atomic mass is 127. The highest BCUT2D eigenvalue weighted by Gasteiger charge is 2.24. The number of carbonyl (C=O) groups is 2. The summed E-state index contributed by atoms with van der Waals surface area (Å²) >= 11 is 0. The summed E-state index contributed by atoms with van der Waals surface area (Å²) in [5.41, 5.74) is 0. The summed E-state index contributed by atoms with van der Waals surface area (Å²) in [5, 5.41) is 6.32. The van der Waals surface area contributed by atoms with E-state index in [4.69, 9.17) is 0 Å². The molecule has 0 aromatic carbocycles. The van der Waals surface area contributed by atoms with Crippen molar-refractivity contribution in [1.29, 1.82) is 0 Å². The highest BCUT2D eigenvalue weighted by Crippen LogP contribution is 2.11. The fourth-order valence-electron chi connectivity index (χ4n) is 1.90. The Morgan fingerprint density at radius 1 is 1.30 bits per heavy atom. The van der Waals surface area contributed by atoms with Crippen LogP contribution in [0.15, 0.2) is 4.99 Å². The number of nitrogens with zero attached hydrogens (tertiary/aromatic N) is 2. The predicted molar refractivity (Wildman–Crippen MR) is 90.2 cm³/mol. The van der Waals surface area contributed by atoms with Crippen LogP contribution < -0.4 is 10.6 Å². The van der Waals surface area contributed by atoms with Gasteiger partial charge < -0.3 is 10.6 Å². The summed E-state index contributed by atoms with van der Waals surface area (Å²) in [6, 6.07) is 0.288. The van der Waals surface area contributed by atoms with Crippen LogP contribution in [0, 0.1) is 0 Å². The van der Waals surface area contributed by atoms with Crippen LogP contribution in [0.5, 0.6) is 0 Å². The van der Waals surface area contributed by atoms with Gasteiger partial charge in [-0.15, -0.1) is 24.0 Å². The number of guanidine groups is 1. The molecule has 2 amide bonds. The van der Waals surface area contributed by atoms with E-state index in [1.165, 1.54) is 4.90 Å². The van der Waals surface area contributed by atoms with E-state index in [9.17, 15) is 9.59 Å². The number of nitrogens with one attached hydrogen (secondary N) is 2. The maximum atomic E-state index is 11.6. The lowest BCUT2D eigenvalue weighted by molar-refractivity contribution is -0.147. The van der Waals surface area contributed by atoms with Gasteiger partial charge in [0.2, 0.25) is 11.8 Å². The van der Waals surface area contributed by atoms with Crippen LogP contribution in [-0.4, -0.2) is 48.3 Å². The zero-order chi connectivity index (χ0) is 14.3. The van der Waals surface area contributed by atoms with Crippen molar-refractivity contribution >= 4 is 41.8 Å². The van der Waals surface area contributed by atoms with Gasteiger partial charge in [-0.3, -0.25) is 19.5 Å². The fraction of sp³-hybridized carbons (Fsp3) is 0.769. The molecule has 0 aliphatic carbocycles. The first-order valence-electron chi connectivity index (χ1n) is 6.92. The smallest absolute Gasteiger partial charge is 0.229 e. The van der Waals surface area contributed by atoms with Crippen molar-refractivity contribution in [2.45, 2.75) is 46.1 Å². The molecule has 6 nitrogen and oxygen atoms in total. The molecular weight excluding hydrogens is 371 g/mol. The number of halogens is 1. The van der Waals surface area contributed by atoms with Crippen LogP contribution in [0.25, 0.3) is 0 Å².